The first-order chi connectivity index (χ1) is 10.8. The van der Waals surface area contributed by atoms with E-state index in [9.17, 15) is 0 Å². The monoisotopic (exact) mass is 450 g/mol. The van der Waals surface area contributed by atoms with Crippen LogP contribution in [0.3, 0.4) is 0 Å². The zero-order valence-electron chi connectivity index (χ0n) is 16.1. The van der Waals surface area contributed by atoms with Crippen LogP contribution in [0.2, 0.25) is 0 Å². The smallest absolute Gasteiger partial charge is 0.191 e. The molecule has 3 N–H and O–H groups in total. The summed E-state index contributed by atoms with van der Waals surface area (Å²) in [4.78, 5) is 4.62. The van der Waals surface area contributed by atoms with Gasteiger partial charge < -0.3 is 16.0 Å². The summed E-state index contributed by atoms with van der Waals surface area (Å²) >= 11 is 0. The number of halogens is 1. The predicted molar refractivity (Wildman–Crippen MR) is 113 cm³/mol. The second-order valence-electron chi connectivity index (χ2n) is 6.87. The molecule has 0 saturated carbocycles. The second-order valence-corrected chi connectivity index (χ2v) is 6.87. The molecule has 24 heavy (non-hydrogen) atoms. The van der Waals surface area contributed by atoms with Crippen LogP contribution in [0.15, 0.2) is 11.1 Å². The highest BCUT2D eigenvalue weighted by Crippen LogP contribution is 2.02. The molecule has 7 heteroatoms. The van der Waals surface area contributed by atoms with Crippen molar-refractivity contribution in [2.24, 2.45) is 4.99 Å². The van der Waals surface area contributed by atoms with Crippen molar-refractivity contribution in [3.8, 4) is 0 Å². The molecule has 0 aliphatic heterocycles. The average Bonchev–Trinajstić information content (AvgIpc) is 2.76. The molecule has 1 aromatic rings. The van der Waals surface area contributed by atoms with E-state index in [2.05, 4.69) is 71.4 Å². The molecule has 0 unspecified atom stereocenters. The fourth-order valence-corrected chi connectivity index (χ4v) is 2.27. The summed E-state index contributed by atoms with van der Waals surface area (Å²) < 4.78 is 2.05. The first-order valence-corrected chi connectivity index (χ1v) is 8.60. The molecule has 1 rings (SSSR count). The fourth-order valence-electron chi connectivity index (χ4n) is 2.27. The highest BCUT2D eigenvalue weighted by atomic mass is 127. The molecule has 0 fully saturated rings. The van der Waals surface area contributed by atoms with Crippen LogP contribution in [0.25, 0.3) is 0 Å². The minimum atomic E-state index is 0. The molecule has 0 radical (unpaired) electrons. The third-order valence-electron chi connectivity index (χ3n) is 3.32. The van der Waals surface area contributed by atoms with Gasteiger partial charge >= 0.3 is 0 Å². The third-order valence-corrected chi connectivity index (χ3v) is 3.32. The largest absolute Gasteiger partial charge is 0.357 e. The van der Waals surface area contributed by atoms with Gasteiger partial charge in [0.05, 0.1) is 5.69 Å². The van der Waals surface area contributed by atoms with Crippen molar-refractivity contribution in [3.63, 3.8) is 0 Å². The van der Waals surface area contributed by atoms with Crippen molar-refractivity contribution >= 4 is 29.9 Å². The zero-order valence-corrected chi connectivity index (χ0v) is 18.4. The van der Waals surface area contributed by atoms with E-state index in [0.717, 1.165) is 50.8 Å². The van der Waals surface area contributed by atoms with Gasteiger partial charge in [-0.05, 0) is 54.0 Å². The molecule has 0 aromatic carbocycles. The molecule has 140 valence electrons. The van der Waals surface area contributed by atoms with Gasteiger partial charge in [0, 0.05) is 44.0 Å². The number of nitrogens with one attached hydrogen (secondary N) is 3. The quantitative estimate of drug-likeness (QED) is 0.247. The molecular formula is C17H35IN6. The Labute approximate surface area is 164 Å². The van der Waals surface area contributed by atoms with Gasteiger partial charge in [0.25, 0.3) is 0 Å². The lowest BCUT2D eigenvalue weighted by molar-refractivity contribution is 0.428. The normalized spacial score (nSPS) is 12.0. The van der Waals surface area contributed by atoms with Crippen molar-refractivity contribution < 1.29 is 0 Å². The molecule has 6 nitrogen and oxygen atoms in total. The van der Waals surface area contributed by atoms with Gasteiger partial charge in [-0.25, -0.2) is 0 Å². The van der Waals surface area contributed by atoms with E-state index in [-0.39, 0.29) is 29.5 Å². The maximum Gasteiger partial charge on any atom is 0.191 e. The second kappa shape index (κ2) is 11.7. The molecule has 0 saturated heterocycles. The van der Waals surface area contributed by atoms with Crippen molar-refractivity contribution in [1.29, 1.82) is 0 Å². The van der Waals surface area contributed by atoms with Gasteiger partial charge in [-0.1, -0.05) is 0 Å². The Hall–Kier alpha value is -0.830. The molecule has 0 atom stereocenters. The zero-order chi connectivity index (χ0) is 17.3. The van der Waals surface area contributed by atoms with E-state index in [4.69, 9.17) is 0 Å². The van der Waals surface area contributed by atoms with Crippen LogP contribution in [0.5, 0.6) is 0 Å². The lowest BCUT2D eigenvalue weighted by Crippen LogP contribution is -2.44. The minimum absolute atomic E-state index is 0. The highest BCUT2D eigenvalue weighted by molar-refractivity contribution is 14.0. The van der Waals surface area contributed by atoms with E-state index in [1.54, 1.807) is 0 Å². The van der Waals surface area contributed by atoms with Gasteiger partial charge in [-0.3, -0.25) is 9.67 Å². The van der Waals surface area contributed by atoms with Gasteiger partial charge in [0.2, 0.25) is 0 Å². The van der Waals surface area contributed by atoms with Crippen LogP contribution in [-0.4, -0.2) is 47.5 Å². The lowest BCUT2D eigenvalue weighted by Gasteiger charge is -2.21. The summed E-state index contributed by atoms with van der Waals surface area (Å²) in [6, 6.07) is 2.11. The summed E-state index contributed by atoms with van der Waals surface area (Å²) in [6.45, 7) is 17.1. The van der Waals surface area contributed by atoms with Crippen molar-refractivity contribution in [2.45, 2.75) is 60.0 Å². The number of aromatic nitrogens is 2. The summed E-state index contributed by atoms with van der Waals surface area (Å²) in [5.74, 6) is 0.886. The van der Waals surface area contributed by atoms with E-state index in [1.165, 1.54) is 5.69 Å². The average molecular weight is 450 g/mol. The van der Waals surface area contributed by atoms with Crippen molar-refractivity contribution in [2.75, 3.05) is 26.2 Å². The van der Waals surface area contributed by atoms with Crippen LogP contribution in [0.1, 0.15) is 45.5 Å². The SMILES string of the molecule is CCNC(=NCCCn1nc(C)cc1C)NCCNC(C)(C)C.I. The van der Waals surface area contributed by atoms with Crippen LogP contribution in [-0.2, 0) is 6.54 Å². The van der Waals surface area contributed by atoms with Gasteiger partial charge in [0.15, 0.2) is 5.96 Å². The topological polar surface area (TPSA) is 66.3 Å². The Balaban J connectivity index is 0.00000529. The molecule has 1 heterocycles. The molecule has 0 amide bonds. The Kier molecular flexibility index (Phi) is 11.3. The summed E-state index contributed by atoms with van der Waals surface area (Å²) in [7, 11) is 0. The molecular weight excluding hydrogens is 415 g/mol. The van der Waals surface area contributed by atoms with Crippen LogP contribution < -0.4 is 16.0 Å². The molecule has 1 aromatic heterocycles. The number of guanidine groups is 1. The first-order valence-electron chi connectivity index (χ1n) is 8.60. The van der Waals surface area contributed by atoms with Crippen LogP contribution in [0, 0.1) is 13.8 Å². The van der Waals surface area contributed by atoms with Crippen LogP contribution in [0.4, 0.5) is 0 Å². The number of hydrogen-bond acceptors (Lipinski definition) is 3. The Morgan fingerprint density at radius 3 is 2.46 bits per heavy atom. The first kappa shape index (κ1) is 23.2. The maximum atomic E-state index is 4.62. The minimum Gasteiger partial charge on any atom is -0.357 e. The number of aryl methyl sites for hydroxylation is 3. The van der Waals surface area contributed by atoms with E-state index >= 15 is 0 Å². The van der Waals surface area contributed by atoms with E-state index in [0.29, 0.717) is 0 Å². The number of rotatable bonds is 8. The fraction of sp³-hybridized carbons (Fsp3) is 0.765. The lowest BCUT2D eigenvalue weighted by atomic mass is 10.1. The standard InChI is InChI=1S/C17H34N6.HI/c1-7-18-16(20-10-11-21-17(4,5)6)19-9-8-12-23-15(3)13-14(2)22-23;/h13,21H,7-12H2,1-6H3,(H2,18,19,20);1H. The molecule has 0 aliphatic rings. The van der Waals surface area contributed by atoms with Crippen molar-refractivity contribution in [3.05, 3.63) is 17.5 Å². The summed E-state index contributed by atoms with van der Waals surface area (Å²) in [5, 5.41) is 14.6. The van der Waals surface area contributed by atoms with E-state index in [1.807, 2.05) is 6.92 Å². The van der Waals surface area contributed by atoms with Gasteiger partial charge in [-0.2, -0.15) is 5.10 Å². The molecule has 0 spiro atoms. The van der Waals surface area contributed by atoms with E-state index < -0.39 is 0 Å². The van der Waals surface area contributed by atoms with Gasteiger partial charge in [0.1, 0.15) is 0 Å². The Morgan fingerprint density at radius 2 is 1.92 bits per heavy atom. The third kappa shape index (κ3) is 10.1. The van der Waals surface area contributed by atoms with Crippen molar-refractivity contribution in [1.82, 2.24) is 25.7 Å². The number of aliphatic imine (C=N–C) groups is 1. The Morgan fingerprint density at radius 1 is 1.21 bits per heavy atom. The summed E-state index contributed by atoms with van der Waals surface area (Å²) in [6.07, 6.45) is 0.985. The maximum absolute atomic E-state index is 4.62. The van der Waals surface area contributed by atoms with Gasteiger partial charge in [-0.15, -0.1) is 24.0 Å². The highest BCUT2D eigenvalue weighted by Gasteiger charge is 2.07. The predicted octanol–water partition coefficient (Wildman–Crippen LogP) is 2.45. The Bertz CT molecular complexity index is 490. The summed E-state index contributed by atoms with van der Waals surface area (Å²) in [5.41, 5.74) is 2.44. The number of hydrogen-bond donors (Lipinski definition) is 3. The molecule has 0 aliphatic carbocycles. The number of nitrogens with zero attached hydrogens (tertiary/aromatic N) is 3. The van der Waals surface area contributed by atoms with Crippen LogP contribution >= 0.6 is 24.0 Å². The molecule has 0 bridgehead atoms.